The van der Waals surface area contributed by atoms with E-state index in [1.807, 2.05) is 56.3 Å². The number of para-hydroxylation sites is 1. The molecule has 0 aliphatic carbocycles. The highest BCUT2D eigenvalue weighted by Gasteiger charge is 1.93. The zero-order chi connectivity index (χ0) is 11.6. The number of pyridine rings is 1. The molecule has 2 nitrogen and oxygen atoms in total. The van der Waals surface area contributed by atoms with Crippen molar-refractivity contribution in [3.63, 3.8) is 0 Å². The Morgan fingerprint density at radius 3 is 2.19 bits per heavy atom. The molecule has 0 unspecified atom stereocenters. The third kappa shape index (κ3) is 4.13. The van der Waals surface area contributed by atoms with Crippen LogP contribution >= 0.6 is 0 Å². The lowest BCUT2D eigenvalue weighted by Gasteiger charge is -2.04. The number of ether oxygens (including phenoxy) is 1. The van der Waals surface area contributed by atoms with Gasteiger partial charge in [-0.05, 0) is 29.8 Å². The smallest absolute Gasteiger partial charge is 0.119 e. The van der Waals surface area contributed by atoms with Crippen molar-refractivity contribution >= 4 is 0 Å². The largest absolute Gasteiger partial charge is 0.489 e. The van der Waals surface area contributed by atoms with E-state index in [0.717, 1.165) is 11.3 Å². The Morgan fingerprint density at radius 1 is 0.938 bits per heavy atom. The maximum atomic E-state index is 5.56. The van der Waals surface area contributed by atoms with Gasteiger partial charge in [-0.25, -0.2) is 0 Å². The van der Waals surface area contributed by atoms with E-state index >= 15 is 0 Å². The summed E-state index contributed by atoms with van der Waals surface area (Å²) in [6, 6.07) is 13.7. The van der Waals surface area contributed by atoms with Crippen molar-refractivity contribution in [2.75, 3.05) is 0 Å². The fraction of sp³-hybridized carbons (Fsp3) is 0.214. The summed E-state index contributed by atoms with van der Waals surface area (Å²) in [6.07, 6.45) is 3.54. The summed E-state index contributed by atoms with van der Waals surface area (Å²) in [5, 5.41) is 0. The predicted octanol–water partition coefficient (Wildman–Crippen LogP) is 3.69. The number of hydrogen-bond donors (Lipinski definition) is 0. The fourth-order valence-corrected chi connectivity index (χ4v) is 1.16. The number of nitrogens with zero attached hydrogens (tertiary/aromatic N) is 1. The third-order valence-electron chi connectivity index (χ3n) is 1.90. The zero-order valence-corrected chi connectivity index (χ0v) is 9.76. The molecule has 0 saturated carbocycles. The van der Waals surface area contributed by atoms with Crippen molar-refractivity contribution in [1.82, 2.24) is 4.98 Å². The molecule has 0 N–H and O–H groups in total. The van der Waals surface area contributed by atoms with Crippen molar-refractivity contribution in [2.24, 2.45) is 0 Å². The van der Waals surface area contributed by atoms with Crippen molar-refractivity contribution in [2.45, 2.75) is 20.5 Å². The van der Waals surface area contributed by atoms with E-state index in [-0.39, 0.29) is 0 Å². The molecule has 1 aromatic heterocycles. The summed E-state index contributed by atoms with van der Waals surface area (Å²) in [5.74, 6) is 0.893. The second-order valence-electron chi connectivity index (χ2n) is 2.96. The summed E-state index contributed by atoms with van der Waals surface area (Å²) in [5.41, 5.74) is 1.13. The van der Waals surface area contributed by atoms with Gasteiger partial charge in [-0.15, -0.1) is 0 Å². The average Bonchev–Trinajstić information content (AvgIpc) is 2.41. The van der Waals surface area contributed by atoms with Crippen LogP contribution in [-0.2, 0) is 6.61 Å². The summed E-state index contributed by atoms with van der Waals surface area (Å²) in [7, 11) is 0. The highest BCUT2D eigenvalue weighted by molar-refractivity contribution is 5.21. The minimum Gasteiger partial charge on any atom is -0.489 e. The molecule has 0 atom stereocenters. The predicted molar refractivity (Wildman–Crippen MR) is 66.4 cm³/mol. The second-order valence-corrected chi connectivity index (χ2v) is 2.96. The van der Waals surface area contributed by atoms with Gasteiger partial charge in [0, 0.05) is 12.4 Å². The first-order chi connectivity index (χ1) is 7.95. The van der Waals surface area contributed by atoms with Gasteiger partial charge in [-0.1, -0.05) is 32.0 Å². The Bertz CT molecular complexity index is 333. The summed E-state index contributed by atoms with van der Waals surface area (Å²) < 4.78 is 5.56. The molecular weight excluding hydrogens is 198 g/mol. The third-order valence-corrected chi connectivity index (χ3v) is 1.90. The number of hydrogen-bond acceptors (Lipinski definition) is 2. The number of benzene rings is 1. The lowest BCUT2D eigenvalue weighted by molar-refractivity contribution is 0.306. The molecule has 84 valence electrons. The van der Waals surface area contributed by atoms with Crippen molar-refractivity contribution in [3.05, 3.63) is 60.4 Å². The molecule has 16 heavy (non-hydrogen) atoms. The lowest BCUT2D eigenvalue weighted by atomic mass is 10.3. The first-order valence-corrected chi connectivity index (χ1v) is 5.52. The minimum atomic E-state index is 0.590. The molecule has 2 rings (SSSR count). The number of aromatic nitrogens is 1. The highest BCUT2D eigenvalue weighted by atomic mass is 16.5. The highest BCUT2D eigenvalue weighted by Crippen LogP contribution is 2.10. The maximum Gasteiger partial charge on any atom is 0.119 e. The Labute approximate surface area is 96.9 Å². The van der Waals surface area contributed by atoms with Crippen LogP contribution in [0.4, 0.5) is 0 Å². The van der Waals surface area contributed by atoms with Gasteiger partial charge in [-0.2, -0.15) is 0 Å². The molecule has 0 fully saturated rings. The fourth-order valence-electron chi connectivity index (χ4n) is 1.16. The van der Waals surface area contributed by atoms with E-state index in [1.54, 1.807) is 12.4 Å². The van der Waals surface area contributed by atoms with Gasteiger partial charge in [0.05, 0.1) is 0 Å². The van der Waals surface area contributed by atoms with Gasteiger partial charge in [0.1, 0.15) is 12.4 Å². The Kier molecular flexibility index (Phi) is 5.71. The molecule has 2 aromatic rings. The standard InChI is InChI=1S/C12H11NO.C2H6/c1-2-4-12(5-3-1)14-10-11-6-8-13-9-7-11;1-2/h1-9H,10H2;1-2H3. The minimum absolute atomic E-state index is 0.590. The van der Waals surface area contributed by atoms with Gasteiger partial charge in [0.15, 0.2) is 0 Å². The topological polar surface area (TPSA) is 22.1 Å². The van der Waals surface area contributed by atoms with Crippen LogP contribution in [0.5, 0.6) is 5.75 Å². The molecule has 0 amide bonds. The monoisotopic (exact) mass is 215 g/mol. The first-order valence-electron chi connectivity index (χ1n) is 5.52. The molecule has 0 radical (unpaired) electrons. The zero-order valence-electron chi connectivity index (χ0n) is 9.76. The summed E-state index contributed by atoms with van der Waals surface area (Å²) >= 11 is 0. The molecular formula is C14H17NO. The van der Waals surface area contributed by atoms with Crippen LogP contribution in [0.25, 0.3) is 0 Å². The Balaban J connectivity index is 0.000000606. The summed E-state index contributed by atoms with van der Waals surface area (Å²) in [4.78, 5) is 3.94. The van der Waals surface area contributed by atoms with Crippen LogP contribution in [0.3, 0.4) is 0 Å². The van der Waals surface area contributed by atoms with Crippen LogP contribution in [-0.4, -0.2) is 4.98 Å². The lowest BCUT2D eigenvalue weighted by Crippen LogP contribution is -1.94. The van der Waals surface area contributed by atoms with Gasteiger partial charge >= 0.3 is 0 Å². The van der Waals surface area contributed by atoms with Crippen molar-refractivity contribution in [1.29, 1.82) is 0 Å². The van der Waals surface area contributed by atoms with Crippen LogP contribution in [0.15, 0.2) is 54.9 Å². The van der Waals surface area contributed by atoms with Gasteiger partial charge in [0.2, 0.25) is 0 Å². The number of rotatable bonds is 3. The second kappa shape index (κ2) is 7.46. The van der Waals surface area contributed by atoms with E-state index in [4.69, 9.17) is 4.74 Å². The van der Waals surface area contributed by atoms with E-state index in [2.05, 4.69) is 4.98 Å². The molecule has 1 heterocycles. The van der Waals surface area contributed by atoms with E-state index in [0.29, 0.717) is 6.61 Å². The Morgan fingerprint density at radius 2 is 1.56 bits per heavy atom. The molecule has 0 saturated heterocycles. The van der Waals surface area contributed by atoms with Crippen molar-refractivity contribution < 1.29 is 4.74 Å². The average molecular weight is 215 g/mol. The molecule has 0 aliphatic rings. The maximum absolute atomic E-state index is 5.56. The van der Waals surface area contributed by atoms with Crippen LogP contribution in [0, 0.1) is 0 Å². The van der Waals surface area contributed by atoms with Crippen LogP contribution in [0.1, 0.15) is 19.4 Å². The Hall–Kier alpha value is -1.83. The van der Waals surface area contributed by atoms with Crippen LogP contribution < -0.4 is 4.74 Å². The summed E-state index contributed by atoms with van der Waals surface area (Å²) in [6.45, 7) is 4.59. The normalized spacial score (nSPS) is 8.88. The SMILES string of the molecule is CC.c1ccc(OCc2ccncc2)cc1. The molecule has 0 aliphatic heterocycles. The van der Waals surface area contributed by atoms with Gasteiger partial charge in [-0.3, -0.25) is 4.98 Å². The van der Waals surface area contributed by atoms with Crippen molar-refractivity contribution in [3.8, 4) is 5.75 Å². The molecule has 2 heteroatoms. The van der Waals surface area contributed by atoms with Crippen LogP contribution in [0.2, 0.25) is 0 Å². The van der Waals surface area contributed by atoms with E-state index < -0.39 is 0 Å². The molecule has 0 bridgehead atoms. The van der Waals surface area contributed by atoms with E-state index in [9.17, 15) is 0 Å². The molecule has 0 spiro atoms. The van der Waals surface area contributed by atoms with Gasteiger partial charge in [0.25, 0.3) is 0 Å². The molecule has 1 aromatic carbocycles. The first kappa shape index (κ1) is 12.2. The van der Waals surface area contributed by atoms with E-state index in [1.165, 1.54) is 0 Å². The quantitative estimate of drug-likeness (QED) is 0.779. The van der Waals surface area contributed by atoms with Gasteiger partial charge < -0.3 is 4.74 Å².